The summed E-state index contributed by atoms with van der Waals surface area (Å²) >= 11 is 0. The fourth-order valence-electron chi connectivity index (χ4n) is 2.87. The van der Waals surface area contributed by atoms with Crippen molar-refractivity contribution in [1.82, 2.24) is 15.1 Å². The molecule has 1 aromatic rings. The van der Waals surface area contributed by atoms with Crippen molar-refractivity contribution in [3.05, 3.63) is 35.6 Å². The molecule has 1 aliphatic heterocycles. The minimum absolute atomic E-state index is 0.0318. The quantitative estimate of drug-likeness (QED) is 0.859. The van der Waals surface area contributed by atoms with Crippen LogP contribution in [0.3, 0.4) is 0 Å². The molecule has 0 bridgehead atoms. The van der Waals surface area contributed by atoms with Crippen LogP contribution >= 0.6 is 0 Å². The normalized spacial score (nSPS) is 16.7. The van der Waals surface area contributed by atoms with Crippen LogP contribution in [0.2, 0.25) is 0 Å². The minimum Gasteiger partial charge on any atom is -0.347 e. The summed E-state index contributed by atoms with van der Waals surface area (Å²) in [6.45, 7) is 5.18. The molecule has 5 nitrogen and oxygen atoms in total. The van der Waals surface area contributed by atoms with Gasteiger partial charge < -0.3 is 15.1 Å². The maximum atomic E-state index is 13.0. The van der Waals surface area contributed by atoms with Crippen LogP contribution in [0.1, 0.15) is 31.2 Å². The highest BCUT2D eigenvalue weighted by Crippen LogP contribution is 2.23. The van der Waals surface area contributed by atoms with Crippen LogP contribution < -0.4 is 5.32 Å². The third-order valence-corrected chi connectivity index (χ3v) is 4.56. The summed E-state index contributed by atoms with van der Waals surface area (Å²) in [6.07, 6.45) is 1.09. The average molecular weight is 335 g/mol. The van der Waals surface area contributed by atoms with Crippen molar-refractivity contribution in [2.24, 2.45) is 0 Å². The van der Waals surface area contributed by atoms with Gasteiger partial charge in [0.05, 0.1) is 6.54 Å². The lowest BCUT2D eigenvalue weighted by Gasteiger charge is -2.32. The molecule has 1 heterocycles. The predicted molar refractivity (Wildman–Crippen MR) is 91.1 cm³/mol. The van der Waals surface area contributed by atoms with Crippen molar-refractivity contribution in [3.8, 4) is 0 Å². The number of nitrogens with zero attached hydrogens (tertiary/aromatic N) is 2. The lowest BCUT2D eigenvalue weighted by Crippen LogP contribution is -2.50. The van der Waals surface area contributed by atoms with E-state index >= 15 is 0 Å². The third kappa shape index (κ3) is 5.30. The van der Waals surface area contributed by atoms with E-state index in [1.807, 2.05) is 14.0 Å². The van der Waals surface area contributed by atoms with Crippen molar-refractivity contribution >= 4 is 11.8 Å². The van der Waals surface area contributed by atoms with Crippen molar-refractivity contribution in [3.63, 3.8) is 0 Å². The summed E-state index contributed by atoms with van der Waals surface area (Å²) < 4.78 is 13.0. The van der Waals surface area contributed by atoms with Gasteiger partial charge in [-0.25, -0.2) is 4.39 Å². The van der Waals surface area contributed by atoms with Gasteiger partial charge in [-0.15, -0.1) is 0 Å². The molecule has 0 spiro atoms. The van der Waals surface area contributed by atoms with Crippen LogP contribution in [-0.4, -0.2) is 61.4 Å². The lowest BCUT2D eigenvalue weighted by atomic mass is 9.93. The standard InChI is InChI=1S/C18H26FN3O2/c1-3-14(15-4-6-16(19)7-5-15)12-17(23)20-13-18(24)22-10-8-21(2)9-11-22/h4-7,14H,3,8-13H2,1-2H3,(H,20,23). The molecule has 0 radical (unpaired) electrons. The van der Waals surface area contributed by atoms with Crippen LogP contribution in [0.15, 0.2) is 24.3 Å². The maximum absolute atomic E-state index is 13.0. The van der Waals surface area contributed by atoms with Gasteiger partial charge in [0.2, 0.25) is 11.8 Å². The third-order valence-electron chi connectivity index (χ3n) is 4.56. The molecule has 1 atom stereocenters. The Morgan fingerprint density at radius 3 is 2.38 bits per heavy atom. The van der Waals surface area contributed by atoms with Gasteiger partial charge in [-0.1, -0.05) is 19.1 Å². The molecule has 1 fully saturated rings. The molecule has 132 valence electrons. The highest BCUT2D eigenvalue weighted by molar-refractivity contribution is 5.85. The van der Waals surface area contributed by atoms with Gasteiger partial charge in [0.1, 0.15) is 5.82 Å². The summed E-state index contributed by atoms with van der Waals surface area (Å²) in [7, 11) is 2.03. The van der Waals surface area contributed by atoms with Gasteiger partial charge in [-0.3, -0.25) is 9.59 Å². The minimum atomic E-state index is -0.282. The number of nitrogens with one attached hydrogen (secondary N) is 1. The molecule has 1 saturated heterocycles. The number of benzene rings is 1. The Bertz CT molecular complexity index is 554. The van der Waals surface area contributed by atoms with E-state index in [0.29, 0.717) is 19.5 Å². The van der Waals surface area contributed by atoms with Gasteiger partial charge in [0, 0.05) is 32.6 Å². The Morgan fingerprint density at radius 2 is 1.79 bits per heavy atom. The topological polar surface area (TPSA) is 52.7 Å². The Kier molecular flexibility index (Phi) is 6.73. The summed E-state index contributed by atoms with van der Waals surface area (Å²) in [4.78, 5) is 28.2. The molecule has 0 saturated carbocycles. The Labute approximate surface area is 142 Å². The highest BCUT2D eigenvalue weighted by atomic mass is 19.1. The summed E-state index contributed by atoms with van der Waals surface area (Å²) in [5.41, 5.74) is 0.944. The Hall–Kier alpha value is -1.95. The SMILES string of the molecule is CCC(CC(=O)NCC(=O)N1CCN(C)CC1)c1ccc(F)cc1. The molecule has 6 heteroatoms. The highest BCUT2D eigenvalue weighted by Gasteiger charge is 2.20. The molecule has 2 rings (SSSR count). The number of likely N-dealkylation sites (N-methyl/N-ethyl adjacent to an activating group) is 1. The van der Waals surface area contributed by atoms with E-state index in [4.69, 9.17) is 0 Å². The first-order chi connectivity index (χ1) is 11.5. The van der Waals surface area contributed by atoms with E-state index in [2.05, 4.69) is 10.2 Å². The summed E-state index contributed by atoms with van der Waals surface area (Å²) in [5.74, 6) is -0.430. The van der Waals surface area contributed by atoms with Gasteiger partial charge in [0.15, 0.2) is 0 Å². The first-order valence-corrected chi connectivity index (χ1v) is 8.48. The van der Waals surface area contributed by atoms with Crippen LogP contribution in [0.5, 0.6) is 0 Å². The number of hydrogen-bond donors (Lipinski definition) is 1. The van der Waals surface area contributed by atoms with Crippen molar-refractivity contribution in [2.75, 3.05) is 39.8 Å². The first kappa shape index (κ1) is 18.4. The molecule has 1 N–H and O–H groups in total. The average Bonchev–Trinajstić information content (AvgIpc) is 2.59. The maximum Gasteiger partial charge on any atom is 0.242 e. The van der Waals surface area contributed by atoms with E-state index < -0.39 is 0 Å². The van der Waals surface area contributed by atoms with E-state index in [1.165, 1.54) is 12.1 Å². The second-order valence-corrected chi connectivity index (χ2v) is 6.32. The zero-order valence-electron chi connectivity index (χ0n) is 14.4. The smallest absolute Gasteiger partial charge is 0.242 e. The van der Waals surface area contributed by atoms with Crippen molar-refractivity contribution < 1.29 is 14.0 Å². The van der Waals surface area contributed by atoms with Crippen LogP contribution in [-0.2, 0) is 9.59 Å². The van der Waals surface area contributed by atoms with Gasteiger partial charge in [0.25, 0.3) is 0 Å². The zero-order valence-corrected chi connectivity index (χ0v) is 14.4. The van der Waals surface area contributed by atoms with Crippen LogP contribution in [0, 0.1) is 5.82 Å². The van der Waals surface area contributed by atoms with E-state index in [-0.39, 0.29) is 30.1 Å². The largest absolute Gasteiger partial charge is 0.347 e. The number of carbonyl (C=O) groups excluding carboxylic acids is 2. The molecule has 1 aromatic carbocycles. The fourth-order valence-corrected chi connectivity index (χ4v) is 2.87. The molecule has 2 amide bonds. The summed E-state index contributed by atoms with van der Waals surface area (Å²) in [6, 6.07) is 6.25. The number of rotatable bonds is 6. The second kappa shape index (κ2) is 8.78. The Morgan fingerprint density at radius 1 is 1.17 bits per heavy atom. The number of halogens is 1. The van der Waals surface area contributed by atoms with Gasteiger partial charge in [-0.2, -0.15) is 0 Å². The number of carbonyl (C=O) groups is 2. The number of hydrogen-bond acceptors (Lipinski definition) is 3. The molecule has 0 aromatic heterocycles. The van der Waals surface area contributed by atoms with Crippen molar-refractivity contribution in [1.29, 1.82) is 0 Å². The molecular formula is C18H26FN3O2. The summed E-state index contributed by atoms with van der Waals surface area (Å²) in [5, 5.41) is 2.72. The monoisotopic (exact) mass is 335 g/mol. The first-order valence-electron chi connectivity index (χ1n) is 8.48. The number of amides is 2. The Balaban J connectivity index is 1.79. The predicted octanol–water partition coefficient (Wildman–Crippen LogP) is 1.60. The van der Waals surface area contributed by atoms with Crippen molar-refractivity contribution in [2.45, 2.75) is 25.7 Å². The molecule has 1 aliphatic rings. The van der Waals surface area contributed by atoms with Crippen LogP contribution in [0.25, 0.3) is 0 Å². The van der Waals surface area contributed by atoms with Crippen LogP contribution in [0.4, 0.5) is 4.39 Å². The number of piperazine rings is 1. The fraction of sp³-hybridized carbons (Fsp3) is 0.556. The lowest BCUT2D eigenvalue weighted by molar-refractivity contribution is -0.134. The van der Waals surface area contributed by atoms with Gasteiger partial charge in [-0.05, 0) is 37.1 Å². The van der Waals surface area contributed by atoms with E-state index in [1.54, 1.807) is 17.0 Å². The van der Waals surface area contributed by atoms with Gasteiger partial charge >= 0.3 is 0 Å². The molecule has 0 aliphatic carbocycles. The van der Waals surface area contributed by atoms with E-state index in [9.17, 15) is 14.0 Å². The molecule has 1 unspecified atom stereocenters. The second-order valence-electron chi connectivity index (χ2n) is 6.32. The molecule has 24 heavy (non-hydrogen) atoms. The molecular weight excluding hydrogens is 309 g/mol. The zero-order chi connectivity index (χ0) is 17.5. The van der Waals surface area contributed by atoms with E-state index in [0.717, 1.165) is 25.1 Å².